The molecule has 120 valence electrons. The fraction of sp³-hybridized carbons (Fsp3) is 1.00. The van der Waals surface area contributed by atoms with Crippen LogP contribution in [0, 0.1) is 11.8 Å². The molecule has 1 rings (SSSR count). The summed E-state index contributed by atoms with van der Waals surface area (Å²) in [5, 5.41) is 3.86. The van der Waals surface area contributed by atoms with Crippen molar-refractivity contribution in [2.24, 2.45) is 11.8 Å². The zero-order valence-corrected chi connectivity index (χ0v) is 14.5. The number of rotatable bonds is 9. The SMILES string of the molecule is CCCNC(C1CCC(C)CC1)C(CC)(CC)OCC. The van der Waals surface area contributed by atoms with Crippen molar-refractivity contribution in [3.8, 4) is 0 Å². The summed E-state index contributed by atoms with van der Waals surface area (Å²) in [6.45, 7) is 13.3. The van der Waals surface area contributed by atoms with E-state index in [0.717, 1.165) is 37.8 Å². The molecule has 1 unspecified atom stereocenters. The van der Waals surface area contributed by atoms with E-state index in [1.54, 1.807) is 0 Å². The second-order valence-corrected chi connectivity index (χ2v) is 6.66. The van der Waals surface area contributed by atoms with Gasteiger partial charge in [0.15, 0.2) is 0 Å². The molecule has 0 amide bonds. The third-order valence-electron chi connectivity index (χ3n) is 5.34. The summed E-state index contributed by atoms with van der Waals surface area (Å²) >= 11 is 0. The topological polar surface area (TPSA) is 21.3 Å². The van der Waals surface area contributed by atoms with Crippen LogP contribution in [0.1, 0.15) is 79.6 Å². The predicted molar refractivity (Wildman–Crippen MR) is 88.1 cm³/mol. The molecular formula is C18H37NO. The Balaban J connectivity index is 2.84. The number of ether oxygens (including phenoxy) is 1. The first-order valence-electron chi connectivity index (χ1n) is 9.00. The third kappa shape index (κ3) is 4.46. The Morgan fingerprint density at radius 1 is 1.05 bits per heavy atom. The van der Waals surface area contributed by atoms with Crippen LogP contribution in [-0.4, -0.2) is 24.8 Å². The molecule has 0 spiro atoms. The summed E-state index contributed by atoms with van der Waals surface area (Å²) in [5.41, 5.74) is 0.0369. The standard InChI is InChI=1S/C18H37NO/c1-6-14-19-17(16-12-10-15(5)11-13-16)18(7-2,8-3)20-9-4/h15-17,19H,6-14H2,1-5H3. The third-order valence-corrected chi connectivity index (χ3v) is 5.34. The van der Waals surface area contributed by atoms with Crippen molar-refractivity contribution >= 4 is 0 Å². The van der Waals surface area contributed by atoms with Crippen LogP contribution in [0.2, 0.25) is 0 Å². The number of nitrogens with one attached hydrogen (secondary N) is 1. The van der Waals surface area contributed by atoms with E-state index < -0.39 is 0 Å². The van der Waals surface area contributed by atoms with Gasteiger partial charge in [-0.05, 0) is 57.4 Å². The maximum Gasteiger partial charge on any atom is 0.0832 e. The monoisotopic (exact) mass is 283 g/mol. The Bertz CT molecular complexity index is 242. The summed E-state index contributed by atoms with van der Waals surface area (Å²) in [5.74, 6) is 1.71. The van der Waals surface area contributed by atoms with Gasteiger partial charge in [-0.25, -0.2) is 0 Å². The van der Waals surface area contributed by atoms with Crippen molar-refractivity contribution in [3.63, 3.8) is 0 Å². The van der Waals surface area contributed by atoms with Gasteiger partial charge in [0.1, 0.15) is 0 Å². The van der Waals surface area contributed by atoms with Gasteiger partial charge in [-0.2, -0.15) is 0 Å². The van der Waals surface area contributed by atoms with E-state index >= 15 is 0 Å². The van der Waals surface area contributed by atoms with Gasteiger partial charge in [-0.15, -0.1) is 0 Å². The molecule has 0 aromatic rings. The van der Waals surface area contributed by atoms with Gasteiger partial charge in [0, 0.05) is 12.6 Å². The Kier molecular flexibility index (Phi) is 8.13. The van der Waals surface area contributed by atoms with E-state index in [1.807, 2.05) is 0 Å². The van der Waals surface area contributed by atoms with Gasteiger partial charge in [-0.1, -0.05) is 40.5 Å². The second-order valence-electron chi connectivity index (χ2n) is 6.66. The maximum absolute atomic E-state index is 6.30. The van der Waals surface area contributed by atoms with Crippen LogP contribution in [0.4, 0.5) is 0 Å². The minimum absolute atomic E-state index is 0.0369. The molecule has 0 heterocycles. The van der Waals surface area contributed by atoms with Gasteiger partial charge in [0.2, 0.25) is 0 Å². The highest BCUT2D eigenvalue weighted by atomic mass is 16.5. The van der Waals surface area contributed by atoms with Gasteiger partial charge in [-0.3, -0.25) is 0 Å². The van der Waals surface area contributed by atoms with Crippen LogP contribution in [0.15, 0.2) is 0 Å². The fourth-order valence-electron chi connectivity index (χ4n) is 3.97. The van der Waals surface area contributed by atoms with E-state index in [9.17, 15) is 0 Å². The Morgan fingerprint density at radius 2 is 1.65 bits per heavy atom. The zero-order chi connectivity index (χ0) is 15.0. The summed E-state index contributed by atoms with van der Waals surface area (Å²) in [7, 11) is 0. The highest BCUT2D eigenvalue weighted by Gasteiger charge is 2.41. The minimum Gasteiger partial charge on any atom is -0.374 e. The molecular weight excluding hydrogens is 246 g/mol. The Morgan fingerprint density at radius 3 is 2.10 bits per heavy atom. The number of hydrogen-bond donors (Lipinski definition) is 1. The lowest BCUT2D eigenvalue weighted by molar-refractivity contribution is -0.0898. The van der Waals surface area contributed by atoms with Crippen LogP contribution in [-0.2, 0) is 4.74 Å². The van der Waals surface area contributed by atoms with Crippen LogP contribution < -0.4 is 5.32 Å². The van der Waals surface area contributed by atoms with Gasteiger partial charge >= 0.3 is 0 Å². The van der Waals surface area contributed by atoms with E-state index in [2.05, 4.69) is 39.9 Å². The molecule has 1 N–H and O–H groups in total. The van der Waals surface area contributed by atoms with Crippen molar-refractivity contribution < 1.29 is 4.74 Å². The van der Waals surface area contributed by atoms with Crippen molar-refractivity contribution in [2.75, 3.05) is 13.2 Å². The molecule has 0 saturated heterocycles. The molecule has 0 radical (unpaired) electrons. The van der Waals surface area contributed by atoms with Crippen molar-refractivity contribution in [1.82, 2.24) is 5.32 Å². The zero-order valence-electron chi connectivity index (χ0n) is 14.5. The lowest BCUT2D eigenvalue weighted by atomic mass is 9.72. The largest absolute Gasteiger partial charge is 0.374 e. The smallest absolute Gasteiger partial charge is 0.0832 e. The minimum atomic E-state index is 0.0369. The van der Waals surface area contributed by atoms with Crippen molar-refractivity contribution in [3.05, 3.63) is 0 Å². The molecule has 1 atom stereocenters. The molecule has 2 nitrogen and oxygen atoms in total. The lowest BCUT2D eigenvalue weighted by Crippen LogP contribution is -2.56. The predicted octanol–water partition coefficient (Wildman–Crippen LogP) is 4.78. The molecule has 1 aliphatic carbocycles. The molecule has 2 heteroatoms. The average Bonchev–Trinajstić information content (AvgIpc) is 2.48. The van der Waals surface area contributed by atoms with Gasteiger partial charge < -0.3 is 10.1 Å². The molecule has 0 bridgehead atoms. The second kappa shape index (κ2) is 9.04. The normalized spacial score (nSPS) is 25.6. The van der Waals surface area contributed by atoms with Crippen molar-refractivity contribution in [1.29, 1.82) is 0 Å². The molecule has 20 heavy (non-hydrogen) atoms. The summed E-state index contributed by atoms with van der Waals surface area (Å²) in [6, 6.07) is 0.532. The quantitative estimate of drug-likeness (QED) is 0.658. The molecule has 0 aromatic heterocycles. The van der Waals surface area contributed by atoms with Crippen LogP contribution in [0.5, 0.6) is 0 Å². The van der Waals surface area contributed by atoms with E-state index in [0.29, 0.717) is 6.04 Å². The molecule has 1 aliphatic rings. The maximum atomic E-state index is 6.30. The Hall–Kier alpha value is -0.0800. The number of hydrogen-bond acceptors (Lipinski definition) is 2. The molecule has 1 saturated carbocycles. The Labute approximate surface area is 127 Å². The molecule has 1 fully saturated rings. The first kappa shape index (κ1) is 18.0. The first-order chi connectivity index (χ1) is 9.63. The average molecular weight is 283 g/mol. The summed E-state index contributed by atoms with van der Waals surface area (Å²) in [6.07, 6.45) is 8.97. The molecule has 0 aliphatic heterocycles. The highest BCUT2D eigenvalue weighted by molar-refractivity contribution is 4.97. The van der Waals surface area contributed by atoms with Gasteiger partial charge in [0.05, 0.1) is 5.60 Å². The van der Waals surface area contributed by atoms with E-state index in [1.165, 1.54) is 32.1 Å². The molecule has 0 aromatic carbocycles. The first-order valence-corrected chi connectivity index (χ1v) is 9.00. The van der Waals surface area contributed by atoms with Gasteiger partial charge in [0.25, 0.3) is 0 Å². The van der Waals surface area contributed by atoms with Crippen LogP contribution in [0.25, 0.3) is 0 Å². The van der Waals surface area contributed by atoms with Crippen LogP contribution >= 0.6 is 0 Å². The fourth-order valence-corrected chi connectivity index (χ4v) is 3.97. The van der Waals surface area contributed by atoms with E-state index in [-0.39, 0.29) is 5.60 Å². The summed E-state index contributed by atoms with van der Waals surface area (Å²) in [4.78, 5) is 0. The van der Waals surface area contributed by atoms with Crippen molar-refractivity contribution in [2.45, 2.75) is 91.2 Å². The summed E-state index contributed by atoms with van der Waals surface area (Å²) < 4.78 is 6.30. The van der Waals surface area contributed by atoms with E-state index in [4.69, 9.17) is 4.74 Å². The lowest BCUT2D eigenvalue weighted by Gasteiger charge is -2.45. The van der Waals surface area contributed by atoms with Crippen LogP contribution in [0.3, 0.4) is 0 Å². The highest BCUT2D eigenvalue weighted by Crippen LogP contribution is 2.38.